The number of halogens is 2. The lowest BCUT2D eigenvalue weighted by atomic mass is 10.1. The number of ether oxygens (including phenoxy) is 2. The highest BCUT2D eigenvalue weighted by Crippen LogP contribution is 2.30. The summed E-state index contributed by atoms with van der Waals surface area (Å²) in [5.74, 6) is -4.72. The van der Waals surface area contributed by atoms with Gasteiger partial charge in [-0.25, -0.2) is 4.79 Å². The third-order valence-corrected chi connectivity index (χ3v) is 3.07. The lowest BCUT2D eigenvalue weighted by molar-refractivity contribution is -0.159. The van der Waals surface area contributed by atoms with E-state index in [0.29, 0.717) is 6.54 Å². The van der Waals surface area contributed by atoms with Crippen molar-refractivity contribution in [1.82, 2.24) is 5.32 Å². The first-order chi connectivity index (χ1) is 8.08. The van der Waals surface area contributed by atoms with Gasteiger partial charge in [-0.05, 0) is 19.3 Å². The normalized spacial score (nSPS) is 32.5. The van der Waals surface area contributed by atoms with E-state index in [1.165, 1.54) is 0 Å². The van der Waals surface area contributed by atoms with E-state index in [1.807, 2.05) is 0 Å². The van der Waals surface area contributed by atoms with Crippen LogP contribution < -0.4 is 5.32 Å². The van der Waals surface area contributed by atoms with Gasteiger partial charge in [-0.1, -0.05) is 0 Å². The molecular formula is C11H17F2NO3. The molecular weight excluding hydrogens is 232 g/mol. The van der Waals surface area contributed by atoms with Gasteiger partial charge in [-0.15, -0.1) is 0 Å². The van der Waals surface area contributed by atoms with Crippen molar-refractivity contribution in [3.8, 4) is 0 Å². The maximum Gasteiger partial charge on any atom is 0.377 e. The largest absolute Gasteiger partial charge is 0.456 e. The quantitative estimate of drug-likeness (QED) is 0.758. The SMILES string of the molecule is O=C1OC(CNCC2CCCCO2)CC1(F)F. The number of carbonyl (C=O) groups excluding carboxylic acids is 1. The Hall–Kier alpha value is -0.750. The lowest BCUT2D eigenvalue weighted by Crippen LogP contribution is -2.36. The fraction of sp³-hybridized carbons (Fsp3) is 0.909. The van der Waals surface area contributed by atoms with E-state index in [9.17, 15) is 13.6 Å². The Bertz CT molecular complexity index is 280. The minimum absolute atomic E-state index is 0.154. The molecule has 0 radical (unpaired) electrons. The summed E-state index contributed by atoms with van der Waals surface area (Å²) >= 11 is 0. The van der Waals surface area contributed by atoms with Crippen LogP contribution in [0.25, 0.3) is 0 Å². The maximum absolute atomic E-state index is 12.8. The Balaban J connectivity index is 1.64. The molecule has 1 N–H and O–H groups in total. The summed E-state index contributed by atoms with van der Waals surface area (Å²) < 4.78 is 35.7. The first-order valence-corrected chi connectivity index (χ1v) is 5.99. The summed E-state index contributed by atoms with van der Waals surface area (Å²) in [4.78, 5) is 10.7. The summed E-state index contributed by atoms with van der Waals surface area (Å²) in [6.45, 7) is 1.66. The van der Waals surface area contributed by atoms with Crippen LogP contribution in [-0.2, 0) is 14.3 Å². The number of esters is 1. The van der Waals surface area contributed by atoms with Crippen molar-refractivity contribution in [2.75, 3.05) is 19.7 Å². The molecule has 2 heterocycles. The molecule has 2 atom stereocenters. The smallest absolute Gasteiger partial charge is 0.377 e. The predicted octanol–water partition coefficient (Wildman–Crippen LogP) is 1.10. The van der Waals surface area contributed by atoms with Gasteiger partial charge in [-0.3, -0.25) is 0 Å². The molecule has 2 fully saturated rings. The van der Waals surface area contributed by atoms with Crippen LogP contribution in [0.5, 0.6) is 0 Å². The van der Waals surface area contributed by atoms with E-state index in [1.54, 1.807) is 0 Å². The van der Waals surface area contributed by atoms with Crippen LogP contribution in [-0.4, -0.2) is 43.8 Å². The van der Waals surface area contributed by atoms with E-state index in [4.69, 9.17) is 4.74 Å². The average molecular weight is 249 g/mol. The van der Waals surface area contributed by atoms with Gasteiger partial charge in [0, 0.05) is 19.7 Å². The molecule has 17 heavy (non-hydrogen) atoms. The Morgan fingerprint density at radius 2 is 2.06 bits per heavy atom. The van der Waals surface area contributed by atoms with Crippen molar-refractivity contribution in [2.45, 2.75) is 43.8 Å². The Kier molecular flexibility index (Phi) is 3.93. The zero-order valence-electron chi connectivity index (χ0n) is 9.59. The second-order valence-corrected chi connectivity index (χ2v) is 4.58. The average Bonchev–Trinajstić information content (AvgIpc) is 2.54. The number of alkyl halides is 2. The van der Waals surface area contributed by atoms with Crippen LogP contribution in [0, 0.1) is 0 Å². The lowest BCUT2D eigenvalue weighted by Gasteiger charge is -2.23. The van der Waals surface area contributed by atoms with Crippen molar-refractivity contribution >= 4 is 5.97 Å². The molecule has 0 amide bonds. The van der Waals surface area contributed by atoms with Gasteiger partial charge in [0.2, 0.25) is 0 Å². The van der Waals surface area contributed by atoms with E-state index in [-0.39, 0.29) is 12.6 Å². The Labute approximate surface area is 98.6 Å². The Morgan fingerprint density at radius 1 is 1.29 bits per heavy atom. The number of hydrogen-bond acceptors (Lipinski definition) is 4. The van der Waals surface area contributed by atoms with E-state index >= 15 is 0 Å². The summed E-state index contributed by atoms with van der Waals surface area (Å²) in [5.41, 5.74) is 0. The molecule has 2 rings (SSSR count). The number of hydrogen-bond donors (Lipinski definition) is 1. The molecule has 0 saturated carbocycles. The number of cyclic esters (lactones) is 1. The second kappa shape index (κ2) is 5.27. The first kappa shape index (κ1) is 12.7. The van der Waals surface area contributed by atoms with Crippen LogP contribution in [0.15, 0.2) is 0 Å². The van der Waals surface area contributed by atoms with Crippen LogP contribution in [0.3, 0.4) is 0 Å². The summed E-state index contributed by atoms with van der Waals surface area (Å²) in [7, 11) is 0. The molecule has 0 aromatic rings. The third kappa shape index (κ3) is 3.35. The molecule has 98 valence electrons. The van der Waals surface area contributed by atoms with Gasteiger partial charge in [0.25, 0.3) is 0 Å². The maximum atomic E-state index is 12.8. The molecule has 4 nitrogen and oxygen atoms in total. The molecule has 0 aromatic heterocycles. The highest BCUT2D eigenvalue weighted by molar-refractivity contribution is 5.79. The number of nitrogens with one attached hydrogen (secondary N) is 1. The van der Waals surface area contributed by atoms with Crippen molar-refractivity contribution < 1.29 is 23.0 Å². The van der Waals surface area contributed by atoms with E-state index < -0.39 is 24.4 Å². The van der Waals surface area contributed by atoms with Gasteiger partial charge in [0.1, 0.15) is 6.10 Å². The van der Waals surface area contributed by atoms with Gasteiger partial charge >= 0.3 is 11.9 Å². The minimum atomic E-state index is -3.31. The summed E-state index contributed by atoms with van der Waals surface area (Å²) in [6, 6.07) is 0. The van der Waals surface area contributed by atoms with E-state index in [2.05, 4.69) is 10.1 Å². The number of carbonyl (C=O) groups is 1. The van der Waals surface area contributed by atoms with Crippen molar-refractivity contribution in [2.24, 2.45) is 0 Å². The topological polar surface area (TPSA) is 47.6 Å². The highest BCUT2D eigenvalue weighted by Gasteiger charge is 2.50. The number of rotatable bonds is 4. The molecule has 0 spiro atoms. The molecule has 0 bridgehead atoms. The highest BCUT2D eigenvalue weighted by atomic mass is 19.3. The molecule has 2 aliphatic rings. The van der Waals surface area contributed by atoms with Crippen LogP contribution in [0.4, 0.5) is 8.78 Å². The molecule has 0 aliphatic carbocycles. The molecule has 6 heteroatoms. The van der Waals surface area contributed by atoms with Crippen molar-refractivity contribution in [3.05, 3.63) is 0 Å². The zero-order valence-corrected chi connectivity index (χ0v) is 9.59. The van der Waals surface area contributed by atoms with Crippen molar-refractivity contribution in [3.63, 3.8) is 0 Å². The summed E-state index contributed by atoms with van der Waals surface area (Å²) in [6.07, 6.45) is 2.13. The monoisotopic (exact) mass is 249 g/mol. The third-order valence-electron chi connectivity index (χ3n) is 3.07. The molecule has 2 saturated heterocycles. The van der Waals surface area contributed by atoms with Crippen LogP contribution in [0.1, 0.15) is 25.7 Å². The van der Waals surface area contributed by atoms with E-state index in [0.717, 1.165) is 25.9 Å². The zero-order chi connectivity index (χ0) is 12.3. The molecule has 2 aliphatic heterocycles. The summed E-state index contributed by atoms with van der Waals surface area (Å²) in [5, 5.41) is 3.02. The van der Waals surface area contributed by atoms with Gasteiger partial charge in [0.05, 0.1) is 12.5 Å². The van der Waals surface area contributed by atoms with Gasteiger partial charge < -0.3 is 14.8 Å². The van der Waals surface area contributed by atoms with Crippen LogP contribution >= 0.6 is 0 Å². The Morgan fingerprint density at radius 3 is 2.65 bits per heavy atom. The predicted molar refractivity (Wildman–Crippen MR) is 55.9 cm³/mol. The van der Waals surface area contributed by atoms with Crippen molar-refractivity contribution in [1.29, 1.82) is 0 Å². The fourth-order valence-corrected chi connectivity index (χ4v) is 2.14. The second-order valence-electron chi connectivity index (χ2n) is 4.58. The van der Waals surface area contributed by atoms with Gasteiger partial charge in [-0.2, -0.15) is 8.78 Å². The minimum Gasteiger partial charge on any atom is -0.456 e. The molecule has 2 unspecified atom stereocenters. The fourth-order valence-electron chi connectivity index (χ4n) is 2.14. The van der Waals surface area contributed by atoms with Crippen LogP contribution in [0.2, 0.25) is 0 Å². The first-order valence-electron chi connectivity index (χ1n) is 5.99. The standard InChI is InChI=1S/C11H17F2NO3/c12-11(13)5-9(17-10(11)15)7-14-6-8-3-1-2-4-16-8/h8-9,14H,1-7H2. The molecule has 0 aromatic carbocycles. The van der Waals surface area contributed by atoms with Gasteiger partial charge in [0.15, 0.2) is 0 Å².